The molecule has 3 rings (SSSR count). The summed E-state index contributed by atoms with van der Waals surface area (Å²) in [6, 6.07) is 0. The molecule has 8 nitrogen and oxygen atoms in total. The molecule has 0 saturated carbocycles. The number of ether oxygens (including phenoxy) is 1. The molecule has 3 heterocycles. The molecule has 2 saturated heterocycles. The highest BCUT2D eigenvalue weighted by Crippen LogP contribution is 2.23. The predicted octanol–water partition coefficient (Wildman–Crippen LogP) is 0.754. The maximum atomic E-state index is 12.6. The Kier molecular flexibility index (Phi) is 5.13. The summed E-state index contributed by atoms with van der Waals surface area (Å²) in [5, 5.41) is 3.82. The number of carbonyl (C=O) groups is 2. The molecule has 2 amide bonds. The van der Waals surface area contributed by atoms with E-state index in [1.165, 1.54) is 0 Å². The second kappa shape index (κ2) is 7.29. The number of carbonyl (C=O) groups excluding carboxylic acids is 2. The van der Waals surface area contributed by atoms with Crippen molar-refractivity contribution in [2.75, 3.05) is 26.7 Å². The normalized spacial score (nSPS) is 21.9. The van der Waals surface area contributed by atoms with Gasteiger partial charge in [-0.25, -0.2) is 0 Å². The number of hydrogen-bond donors (Lipinski definition) is 0. The van der Waals surface area contributed by atoms with E-state index in [2.05, 4.69) is 10.1 Å². The molecule has 24 heavy (non-hydrogen) atoms. The van der Waals surface area contributed by atoms with Gasteiger partial charge in [-0.2, -0.15) is 4.98 Å². The molecule has 0 spiro atoms. The van der Waals surface area contributed by atoms with Crippen molar-refractivity contribution in [3.63, 3.8) is 0 Å². The predicted molar refractivity (Wildman–Crippen MR) is 83.8 cm³/mol. The van der Waals surface area contributed by atoms with E-state index in [4.69, 9.17) is 9.26 Å². The molecular formula is C16H24N4O4. The molecule has 1 unspecified atom stereocenters. The van der Waals surface area contributed by atoms with Crippen LogP contribution in [0.3, 0.4) is 0 Å². The first-order valence-electron chi connectivity index (χ1n) is 8.49. The Morgan fingerprint density at radius 2 is 2.04 bits per heavy atom. The number of rotatable bonds is 4. The maximum absolute atomic E-state index is 12.6. The minimum absolute atomic E-state index is 0.0588. The van der Waals surface area contributed by atoms with E-state index in [0.717, 1.165) is 12.8 Å². The standard InChI is InChI=1S/C16H24N4O4/c1-11-17-14(18-24-11)10-19(2)15(21)12-5-7-20(8-6-12)16(22)13-4-3-9-23-13/h12-13H,3-10H2,1-2H3. The van der Waals surface area contributed by atoms with Crippen molar-refractivity contribution >= 4 is 11.8 Å². The number of amides is 2. The number of nitrogens with zero attached hydrogens (tertiary/aromatic N) is 4. The quantitative estimate of drug-likeness (QED) is 0.806. The van der Waals surface area contributed by atoms with Crippen molar-refractivity contribution in [1.82, 2.24) is 19.9 Å². The Labute approximate surface area is 141 Å². The van der Waals surface area contributed by atoms with Crippen LogP contribution in [0.25, 0.3) is 0 Å². The number of likely N-dealkylation sites (tertiary alicyclic amines) is 1. The summed E-state index contributed by atoms with van der Waals surface area (Å²) in [4.78, 5) is 32.5. The van der Waals surface area contributed by atoms with Crippen LogP contribution in [0.15, 0.2) is 4.52 Å². The Morgan fingerprint density at radius 3 is 2.62 bits per heavy atom. The highest BCUT2D eigenvalue weighted by atomic mass is 16.5. The minimum Gasteiger partial charge on any atom is -0.368 e. The van der Waals surface area contributed by atoms with Crippen LogP contribution < -0.4 is 0 Å². The zero-order valence-electron chi connectivity index (χ0n) is 14.2. The second-order valence-electron chi connectivity index (χ2n) is 6.53. The Balaban J connectivity index is 1.48. The molecule has 132 valence electrons. The second-order valence-corrected chi connectivity index (χ2v) is 6.53. The van der Waals surface area contributed by atoms with E-state index in [0.29, 0.717) is 50.8 Å². The van der Waals surface area contributed by atoms with E-state index >= 15 is 0 Å². The molecule has 0 N–H and O–H groups in total. The molecule has 2 aliphatic heterocycles. The third kappa shape index (κ3) is 3.75. The van der Waals surface area contributed by atoms with E-state index in [-0.39, 0.29) is 23.8 Å². The average molecular weight is 336 g/mol. The number of aryl methyl sites for hydroxylation is 1. The number of aromatic nitrogens is 2. The lowest BCUT2D eigenvalue weighted by atomic mass is 9.95. The summed E-state index contributed by atoms with van der Waals surface area (Å²) in [5.41, 5.74) is 0. The zero-order valence-corrected chi connectivity index (χ0v) is 14.2. The smallest absolute Gasteiger partial charge is 0.251 e. The van der Waals surface area contributed by atoms with Crippen LogP contribution >= 0.6 is 0 Å². The van der Waals surface area contributed by atoms with Gasteiger partial charge in [0.05, 0.1) is 6.54 Å². The molecule has 0 bridgehead atoms. The van der Waals surface area contributed by atoms with Crippen LogP contribution in [0.1, 0.15) is 37.4 Å². The van der Waals surface area contributed by atoms with Gasteiger partial charge in [-0.1, -0.05) is 5.16 Å². The van der Waals surface area contributed by atoms with Gasteiger partial charge >= 0.3 is 0 Å². The monoisotopic (exact) mass is 336 g/mol. The van der Waals surface area contributed by atoms with Crippen LogP contribution in [0.5, 0.6) is 0 Å². The Morgan fingerprint density at radius 1 is 1.29 bits per heavy atom. The molecular weight excluding hydrogens is 312 g/mol. The van der Waals surface area contributed by atoms with Gasteiger partial charge in [-0.05, 0) is 25.7 Å². The fourth-order valence-electron chi connectivity index (χ4n) is 3.33. The Hall–Kier alpha value is -1.96. The van der Waals surface area contributed by atoms with Gasteiger partial charge in [0.15, 0.2) is 5.82 Å². The third-order valence-electron chi connectivity index (χ3n) is 4.69. The largest absolute Gasteiger partial charge is 0.368 e. The fourth-order valence-corrected chi connectivity index (χ4v) is 3.33. The summed E-state index contributed by atoms with van der Waals surface area (Å²) in [6.07, 6.45) is 2.86. The average Bonchev–Trinajstić information content (AvgIpc) is 3.25. The van der Waals surface area contributed by atoms with Gasteiger partial charge in [0.1, 0.15) is 6.10 Å². The first kappa shape index (κ1) is 16.9. The lowest BCUT2D eigenvalue weighted by Crippen LogP contribution is -2.46. The van der Waals surface area contributed by atoms with E-state index < -0.39 is 0 Å². The number of piperidine rings is 1. The van der Waals surface area contributed by atoms with E-state index in [9.17, 15) is 9.59 Å². The highest BCUT2D eigenvalue weighted by Gasteiger charge is 2.33. The van der Waals surface area contributed by atoms with Crippen LogP contribution in [0.2, 0.25) is 0 Å². The third-order valence-corrected chi connectivity index (χ3v) is 4.69. The lowest BCUT2D eigenvalue weighted by molar-refractivity contribution is -0.145. The zero-order chi connectivity index (χ0) is 17.1. The van der Waals surface area contributed by atoms with E-state index in [1.54, 1.807) is 18.9 Å². The van der Waals surface area contributed by atoms with Gasteiger partial charge in [-0.15, -0.1) is 0 Å². The van der Waals surface area contributed by atoms with Crippen molar-refractivity contribution < 1.29 is 18.8 Å². The Bertz CT molecular complexity index is 589. The van der Waals surface area contributed by atoms with Crippen LogP contribution in [0.4, 0.5) is 0 Å². The molecule has 0 aliphatic carbocycles. The first-order chi connectivity index (χ1) is 11.5. The molecule has 0 aromatic carbocycles. The van der Waals surface area contributed by atoms with Gasteiger partial charge in [0.2, 0.25) is 11.8 Å². The van der Waals surface area contributed by atoms with Crippen LogP contribution in [-0.4, -0.2) is 64.6 Å². The summed E-state index contributed by atoms with van der Waals surface area (Å²) < 4.78 is 10.4. The van der Waals surface area contributed by atoms with Gasteiger partial charge in [0.25, 0.3) is 5.91 Å². The molecule has 1 aromatic heterocycles. The van der Waals surface area contributed by atoms with Gasteiger partial charge in [0, 0.05) is 39.6 Å². The fraction of sp³-hybridized carbons (Fsp3) is 0.750. The summed E-state index contributed by atoms with van der Waals surface area (Å²) in [5.74, 6) is 1.09. The maximum Gasteiger partial charge on any atom is 0.251 e. The summed E-state index contributed by atoms with van der Waals surface area (Å²) in [6.45, 7) is 3.96. The van der Waals surface area contributed by atoms with Crippen molar-refractivity contribution in [2.45, 2.75) is 45.3 Å². The topological polar surface area (TPSA) is 88.8 Å². The summed E-state index contributed by atoms with van der Waals surface area (Å²) >= 11 is 0. The summed E-state index contributed by atoms with van der Waals surface area (Å²) in [7, 11) is 1.75. The molecule has 1 aromatic rings. The minimum atomic E-state index is -0.276. The molecule has 1 atom stereocenters. The SMILES string of the molecule is Cc1nc(CN(C)C(=O)C2CCN(C(=O)C3CCCO3)CC2)no1. The van der Waals surface area contributed by atoms with Crippen LogP contribution in [-0.2, 0) is 20.9 Å². The van der Waals surface area contributed by atoms with Crippen molar-refractivity contribution in [1.29, 1.82) is 0 Å². The van der Waals surface area contributed by atoms with Crippen LogP contribution in [0, 0.1) is 12.8 Å². The van der Waals surface area contributed by atoms with E-state index in [1.807, 2.05) is 4.90 Å². The van der Waals surface area contributed by atoms with Gasteiger partial charge < -0.3 is 19.1 Å². The lowest BCUT2D eigenvalue weighted by Gasteiger charge is -2.34. The first-order valence-corrected chi connectivity index (χ1v) is 8.49. The molecule has 8 heteroatoms. The van der Waals surface area contributed by atoms with Crippen molar-refractivity contribution in [3.05, 3.63) is 11.7 Å². The number of hydrogen-bond acceptors (Lipinski definition) is 6. The van der Waals surface area contributed by atoms with Gasteiger partial charge in [-0.3, -0.25) is 9.59 Å². The molecule has 0 radical (unpaired) electrons. The van der Waals surface area contributed by atoms with Crippen molar-refractivity contribution in [2.24, 2.45) is 5.92 Å². The van der Waals surface area contributed by atoms with Crippen molar-refractivity contribution in [3.8, 4) is 0 Å². The highest BCUT2D eigenvalue weighted by molar-refractivity contribution is 5.82. The molecule has 2 aliphatic rings. The molecule has 2 fully saturated rings.